The second kappa shape index (κ2) is 5.77. The van der Waals surface area contributed by atoms with Crippen molar-refractivity contribution >= 4 is 5.97 Å². The van der Waals surface area contributed by atoms with Gasteiger partial charge in [0, 0.05) is 0 Å². The van der Waals surface area contributed by atoms with Crippen LogP contribution in [0.25, 0.3) is 0 Å². The van der Waals surface area contributed by atoms with Gasteiger partial charge in [-0.15, -0.1) is 0 Å². The van der Waals surface area contributed by atoms with Crippen molar-refractivity contribution in [1.29, 1.82) is 0 Å². The SMILES string of the molecule is CCC=C(CO)C(=O)OC(C)C. The van der Waals surface area contributed by atoms with Gasteiger partial charge in [0.05, 0.1) is 18.3 Å². The summed E-state index contributed by atoms with van der Waals surface area (Å²) in [6.45, 7) is 5.20. The van der Waals surface area contributed by atoms with E-state index in [1.807, 2.05) is 6.92 Å². The second-order valence-electron chi connectivity index (χ2n) is 2.75. The zero-order chi connectivity index (χ0) is 9.56. The van der Waals surface area contributed by atoms with E-state index in [2.05, 4.69) is 0 Å². The van der Waals surface area contributed by atoms with Gasteiger partial charge in [0.25, 0.3) is 0 Å². The van der Waals surface area contributed by atoms with Crippen LogP contribution in [0.5, 0.6) is 0 Å². The van der Waals surface area contributed by atoms with Crippen LogP contribution in [0.3, 0.4) is 0 Å². The topological polar surface area (TPSA) is 46.5 Å². The lowest BCUT2D eigenvalue weighted by Crippen LogP contribution is -2.15. The number of carbonyl (C=O) groups is 1. The van der Waals surface area contributed by atoms with Crippen LogP contribution in [0.1, 0.15) is 27.2 Å². The van der Waals surface area contributed by atoms with E-state index in [0.717, 1.165) is 6.42 Å². The van der Waals surface area contributed by atoms with E-state index in [4.69, 9.17) is 9.84 Å². The Labute approximate surface area is 73.0 Å². The van der Waals surface area contributed by atoms with Crippen LogP contribution < -0.4 is 0 Å². The van der Waals surface area contributed by atoms with Crippen LogP contribution in [-0.4, -0.2) is 23.8 Å². The smallest absolute Gasteiger partial charge is 0.336 e. The van der Waals surface area contributed by atoms with Crippen molar-refractivity contribution in [3.05, 3.63) is 11.6 Å². The molecule has 0 unspecified atom stereocenters. The Kier molecular flexibility index (Phi) is 5.37. The first kappa shape index (κ1) is 11.2. The highest BCUT2D eigenvalue weighted by molar-refractivity contribution is 5.88. The lowest BCUT2D eigenvalue weighted by Gasteiger charge is -2.08. The molecule has 0 fully saturated rings. The van der Waals surface area contributed by atoms with Crippen LogP contribution in [-0.2, 0) is 9.53 Å². The van der Waals surface area contributed by atoms with Gasteiger partial charge in [-0.2, -0.15) is 0 Å². The lowest BCUT2D eigenvalue weighted by molar-refractivity contribution is -0.143. The van der Waals surface area contributed by atoms with Crippen LogP contribution >= 0.6 is 0 Å². The monoisotopic (exact) mass is 172 g/mol. The van der Waals surface area contributed by atoms with Crippen molar-refractivity contribution in [2.24, 2.45) is 0 Å². The van der Waals surface area contributed by atoms with E-state index >= 15 is 0 Å². The Hall–Kier alpha value is -0.830. The predicted octanol–water partition coefficient (Wildman–Crippen LogP) is 1.27. The minimum atomic E-state index is -0.422. The Morgan fingerprint density at radius 3 is 2.50 bits per heavy atom. The molecule has 0 bridgehead atoms. The highest BCUT2D eigenvalue weighted by Crippen LogP contribution is 2.01. The molecule has 0 aliphatic carbocycles. The molecule has 3 heteroatoms. The summed E-state index contributed by atoms with van der Waals surface area (Å²) in [5.41, 5.74) is 0.339. The minimum absolute atomic E-state index is 0.135. The molecule has 0 radical (unpaired) electrons. The number of rotatable bonds is 4. The third-order valence-electron chi connectivity index (χ3n) is 1.23. The molecular formula is C9H16O3. The summed E-state index contributed by atoms with van der Waals surface area (Å²) in [6, 6.07) is 0. The molecular weight excluding hydrogens is 156 g/mol. The number of esters is 1. The Morgan fingerprint density at radius 1 is 1.58 bits per heavy atom. The molecule has 0 rings (SSSR count). The van der Waals surface area contributed by atoms with Gasteiger partial charge >= 0.3 is 5.97 Å². The van der Waals surface area contributed by atoms with Crippen molar-refractivity contribution in [1.82, 2.24) is 0 Å². The van der Waals surface area contributed by atoms with Gasteiger partial charge in [0.2, 0.25) is 0 Å². The Bertz CT molecular complexity index is 171. The van der Waals surface area contributed by atoms with Gasteiger partial charge in [-0.25, -0.2) is 4.79 Å². The largest absolute Gasteiger partial charge is 0.460 e. The lowest BCUT2D eigenvalue weighted by atomic mass is 10.2. The first-order valence-corrected chi connectivity index (χ1v) is 4.12. The molecule has 3 nitrogen and oxygen atoms in total. The molecule has 0 aromatic heterocycles. The molecule has 0 aliphatic heterocycles. The van der Waals surface area contributed by atoms with Crippen LogP contribution in [0.2, 0.25) is 0 Å². The molecule has 70 valence electrons. The van der Waals surface area contributed by atoms with Crippen molar-refractivity contribution < 1.29 is 14.6 Å². The molecule has 12 heavy (non-hydrogen) atoms. The van der Waals surface area contributed by atoms with Gasteiger partial charge in [0.15, 0.2) is 0 Å². The molecule has 0 spiro atoms. The summed E-state index contributed by atoms with van der Waals surface area (Å²) in [5, 5.41) is 8.77. The van der Waals surface area contributed by atoms with Gasteiger partial charge in [0.1, 0.15) is 0 Å². The fourth-order valence-electron chi connectivity index (χ4n) is 0.749. The summed E-state index contributed by atoms with van der Waals surface area (Å²) in [4.78, 5) is 11.1. The van der Waals surface area contributed by atoms with Gasteiger partial charge < -0.3 is 9.84 Å². The van der Waals surface area contributed by atoms with E-state index in [9.17, 15) is 4.79 Å². The molecule has 0 amide bonds. The second-order valence-corrected chi connectivity index (χ2v) is 2.75. The Morgan fingerprint density at radius 2 is 2.17 bits per heavy atom. The molecule has 0 saturated carbocycles. The quantitative estimate of drug-likeness (QED) is 0.513. The molecule has 1 N–H and O–H groups in total. The fraction of sp³-hybridized carbons (Fsp3) is 0.667. The summed E-state index contributed by atoms with van der Waals surface area (Å²) in [7, 11) is 0. The molecule has 0 aromatic carbocycles. The van der Waals surface area contributed by atoms with E-state index in [-0.39, 0.29) is 12.7 Å². The average molecular weight is 172 g/mol. The molecule has 0 atom stereocenters. The minimum Gasteiger partial charge on any atom is -0.460 e. The summed E-state index contributed by atoms with van der Waals surface area (Å²) in [6.07, 6.45) is 2.26. The van der Waals surface area contributed by atoms with E-state index in [1.54, 1.807) is 19.9 Å². The third kappa shape index (κ3) is 4.13. The number of carbonyl (C=O) groups excluding carboxylic acids is 1. The number of aliphatic hydroxyl groups is 1. The summed E-state index contributed by atoms with van der Waals surface area (Å²) >= 11 is 0. The van der Waals surface area contributed by atoms with Crippen LogP contribution in [0.4, 0.5) is 0 Å². The third-order valence-corrected chi connectivity index (χ3v) is 1.23. The van der Waals surface area contributed by atoms with Crippen LogP contribution in [0.15, 0.2) is 11.6 Å². The molecule has 0 saturated heterocycles. The number of ether oxygens (including phenoxy) is 1. The first-order chi connectivity index (χ1) is 5.61. The maximum absolute atomic E-state index is 11.1. The van der Waals surface area contributed by atoms with E-state index in [1.165, 1.54) is 0 Å². The first-order valence-electron chi connectivity index (χ1n) is 4.12. The maximum Gasteiger partial charge on any atom is 0.336 e. The summed E-state index contributed by atoms with van der Waals surface area (Å²) < 4.78 is 4.89. The zero-order valence-corrected chi connectivity index (χ0v) is 7.83. The number of hydrogen-bond donors (Lipinski definition) is 1. The maximum atomic E-state index is 11.1. The number of aliphatic hydroxyl groups excluding tert-OH is 1. The van der Waals surface area contributed by atoms with Crippen LogP contribution in [0, 0.1) is 0 Å². The fourth-order valence-corrected chi connectivity index (χ4v) is 0.749. The molecule has 0 aromatic rings. The predicted molar refractivity (Wildman–Crippen MR) is 46.7 cm³/mol. The highest BCUT2D eigenvalue weighted by atomic mass is 16.5. The van der Waals surface area contributed by atoms with Crippen molar-refractivity contribution in [2.45, 2.75) is 33.3 Å². The average Bonchev–Trinajstić information content (AvgIpc) is 1.98. The highest BCUT2D eigenvalue weighted by Gasteiger charge is 2.10. The molecule has 0 heterocycles. The number of hydrogen-bond acceptors (Lipinski definition) is 3. The van der Waals surface area contributed by atoms with Gasteiger partial charge in [-0.1, -0.05) is 13.0 Å². The van der Waals surface area contributed by atoms with Crippen molar-refractivity contribution in [2.75, 3.05) is 6.61 Å². The van der Waals surface area contributed by atoms with Gasteiger partial charge in [-0.05, 0) is 20.3 Å². The van der Waals surface area contributed by atoms with E-state index in [0.29, 0.717) is 5.57 Å². The Balaban J connectivity index is 4.13. The van der Waals surface area contributed by atoms with Gasteiger partial charge in [-0.3, -0.25) is 0 Å². The zero-order valence-electron chi connectivity index (χ0n) is 7.83. The number of allylic oxidation sites excluding steroid dienone is 1. The van der Waals surface area contributed by atoms with Crippen molar-refractivity contribution in [3.63, 3.8) is 0 Å². The standard InChI is InChI=1S/C9H16O3/c1-4-5-8(6-10)9(11)12-7(2)3/h5,7,10H,4,6H2,1-3H3. The summed E-state index contributed by atoms with van der Waals surface area (Å²) in [5.74, 6) is -0.422. The van der Waals surface area contributed by atoms with Crippen molar-refractivity contribution in [3.8, 4) is 0 Å². The van der Waals surface area contributed by atoms with E-state index < -0.39 is 5.97 Å². The molecule has 0 aliphatic rings. The normalized spacial score (nSPS) is 11.9.